The van der Waals surface area contributed by atoms with Crippen molar-refractivity contribution < 1.29 is 19.1 Å². The van der Waals surface area contributed by atoms with E-state index in [4.69, 9.17) is 36.8 Å². The van der Waals surface area contributed by atoms with Crippen LogP contribution in [0, 0.1) is 0 Å². The maximum Gasteiger partial charge on any atom is 0.247 e. The van der Waals surface area contributed by atoms with Crippen LogP contribution in [0.1, 0.15) is 7.43 Å². The number of fused-ring (bicyclic) bond motifs is 2. The molecule has 8 aromatic rings. The van der Waals surface area contributed by atoms with E-state index >= 15 is 0 Å². The molecule has 1 amide bonds. The Bertz CT molecular complexity index is 3070. The van der Waals surface area contributed by atoms with Gasteiger partial charge in [0.25, 0.3) is 0 Å². The number of nitrogen functional groups attached to an aromatic ring is 1. The molecule has 0 spiro atoms. The fourth-order valence-corrected chi connectivity index (χ4v) is 7.49. The Labute approximate surface area is 411 Å². The smallest absolute Gasteiger partial charge is 0.247 e. The highest BCUT2D eigenvalue weighted by atomic mass is 35.5. The van der Waals surface area contributed by atoms with Gasteiger partial charge in [-0.2, -0.15) is 0 Å². The van der Waals surface area contributed by atoms with Crippen LogP contribution >= 0.6 is 11.6 Å². The van der Waals surface area contributed by atoms with Crippen molar-refractivity contribution in [1.29, 1.82) is 0 Å². The highest BCUT2D eigenvalue weighted by Crippen LogP contribution is 2.30. The fourth-order valence-electron chi connectivity index (χ4n) is 7.49. The van der Waals surface area contributed by atoms with Crippen molar-refractivity contribution in [2.75, 3.05) is 84.1 Å². The molecular weight excluding hydrogens is 904 g/mol. The number of benzene rings is 4. The Morgan fingerprint density at radius 3 is 1.50 bits per heavy atom. The van der Waals surface area contributed by atoms with E-state index in [-0.39, 0.29) is 13.3 Å². The number of ether oxygens (including phenoxy) is 2. The first-order valence-corrected chi connectivity index (χ1v) is 22.5. The van der Waals surface area contributed by atoms with Gasteiger partial charge in [-0.25, -0.2) is 19.9 Å². The first kappa shape index (κ1) is 49.6. The monoisotopic (exact) mass is 956 g/mol. The zero-order valence-corrected chi connectivity index (χ0v) is 38.3. The lowest BCUT2D eigenvalue weighted by atomic mass is 10.1. The molecule has 70 heavy (non-hydrogen) atoms. The van der Waals surface area contributed by atoms with Crippen LogP contribution in [0.4, 0.5) is 46.0 Å². The van der Waals surface area contributed by atoms with Crippen LogP contribution in [0.25, 0.3) is 44.3 Å². The molecule has 17 heteroatoms. The van der Waals surface area contributed by atoms with Crippen LogP contribution in [0.5, 0.6) is 0 Å². The maximum absolute atomic E-state index is 11.7. The Morgan fingerprint density at radius 1 is 0.600 bits per heavy atom. The van der Waals surface area contributed by atoms with Gasteiger partial charge >= 0.3 is 0 Å². The summed E-state index contributed by atoms with van der Waals surface area (Å²) in [5.74, 6) is 0.744. The summed E-state index contributed by atoms with van der Waals surface area (Å²) < 4.78 is 10.9. The number of amides is 1. The molecule has 4 aromatic carbocycles. The van der Waals surface area contributed by atoms with Gasteiger partial charge in [0.15, 0.2) is 0 Å². The summed E-state index contributed by atoms with van der Waals surface area (Å²) >= 11 is 4.71. The van der Waals surface area contributed by atoms with Gasteiger partial charge in [0, 0.05) is 107 Å². The average Bonchev–Trinajstić information content (AvgIpc) is 3.39. The number of carbonyl (C=O) groups is 2. The SMILES string of the molecule is C.C=CC(=O)Cl.C=CC(=O)Nc1cccc(-c2nccc3cnc(Nc4ccc(N5CCOCC5)cc4)nc23)c1.Nc1cccc(-c2nccc3cnc(Nc4ccc(N5CCOCC5)cc4)nc23)c1. The molecule has 2 saturated heterocycles. The van der Waals surface area contributed by atoms with E-state index in [2.05, 4.69) is 83.1 Å². The quantitative estimate of drug-likeness (QED) is 0.0542. The van der Waals surface area contributed by atoms with Crippen molar-refractivity contribution in [3.05, 3.63) is 159 Å². The number of allylic oxidation sites excluding steroid dienone is 1. The summed E-state index contributed by atoms with van der Waals surface area (Å²) in [6, 6.07) is 35.5. The van der Waals surface area contributed by atoms with Crippen LogP contribution in [-0.4, -0.2) is 93.7 Å². The number of hydrogen-bond acceptors (Lipinski definition) is 15. The van der Waals surface area contributed by atoms with Crippen molar-refractivity contribution in [1.82, 2.24) is 29.9 Å². The summed E-state index contributed by atoms with van der Waals surface area (Å²) in [6.07, 6.45) is 9.36. The van der Waals surface area contributed by atoms with Crippen molar-refractivity contribution in [3.63, 3.8) is 0 Å². The minimum Gasteiger partial charge on any atom is -0.399 e. The van der Waals surface area contributed by atoms with Gasteiger partial charge in [0.2, 0.25) is 23.0 Å². The Hall–Kier alpha value is -8.31. The number of morpholine rings is 2. The number of carbonyl (C=O) groups excluding carboxylic acids is 2. The molecule has 4 aromatic heterocycles. The van der Waals surface area contributed by atoms with Crippen molar-refractivity contribution >= 4 is 90.6 Å². The van der Waals surface area contributed by atoms with Gasteiger partial charge in [0.05, 0.1) is 37.8 Å². The molecular formula is C53H53ClN12O4. The summed E-state index contributed by atoms with van der Waals surface area (Å²) in [6.45, 7) is 13.3. The lowest BCUT2D eigenvalue weighted by Gasteiger charge is -2.28. The zero-order valence-electron chi connectivity index (χ0n) is 37.6. The summed E-state index contributed by atoms with van der Waals surface area (Å²) in [4.78, 5) is 53.3. The third-order valence-corrected chi connectivity index (χ3v) is 11.1. The number of nitrogens with two attached hydrogens (primary N) is 1. The number of halogens is 1. The van der Waals surface area contributed by atoms with E-state index in [1.165, 1.54) is 17.5 Å². The largest absolute Gasteiger partial charge is 0.399 e. The Balaban J connectivity index is 0.000000187. The fraction of sp³-hybridized carbons (Fsp3) is 0.170. The molecule has 0 saturated carbocycles. The molecule has 0 unspecified atom stereocenters. The van der Waals surface area contributed by atoms with Crippen LogP contribution in [0.15, 0.2) is 159 Å². The van der Waals surface area contributed by atoms with E-state index < -0.39 is 5.24 Å². The third kappa shape index (κ3) is 13.0. The number of hydrogen-bond donors (Lipinski definition) is 4. The molecule has 0 bridgehead atoms. The number of rotatable bonds is 11. The van der Waals surface area contributed by atoms with Gasteiger partial charge in [-0.15, -0.1) is 0 Å². The number of nitrogens with one attached hydrogen (secondary N) is 3. The molecule has 10 rings (SSSR count). The highest BCUT2D eigenvalue weighted by Gasteiger charge is 2.15. The molecule has 16 nitrogen and oxygen atoms in total. The van der Waals surface area contributed by atoms with Gasteiger partial charge < -0.3 is 41.0 Å². The topological polar surface area (TPSA) is 199 Å². The Kier molecular flexibility index (Phi) is 17.1. The van der Waals surface area contributed by atoms with Crippen molar-refractivity contribution in [2.45, 2.75) is 7.43 Å². The van der Waals surface area contributed by atoms with Gasteiger partial charge in [-0.05, 0) is 109 Å². The maximum atomic E-state index is 11.7. The Morgan fingerprint density at radius 2 is 1.06 bits per heavy atom. The zero-order chi connectivity index (χ0) is 48.0. The van der Waals surface area contributed by atoms with Crippen LogP contribution < -0.4 is 31.5 Å². The van der Waals surface area contributed by atoms with E-state index in [0.717, 1.165) is 109 Å². The standard InChI is InChI=1S/C26H24N6O2.C23H22N6O.C3H3ClO.CH4/c1-2-23(33)29-21-5-3-4-18(16-21)24-25-19(10-11-27-24)17-28-26(31-25)30-20-6-8-22(9-7-20)32-12-14-34-15-13-32;24-18-3-1-2-16(14-18)21-22-17(8-9-25-21)15-26-23(28-22)27-19-4-6-20(7-5-19)29-10-12-30-13-11-29;1-2-3(4)5;/h2-11,16-17H,1,12-15H2,(H,29,33)(H,28,30,31);1-9,14-15H,10-13,24H2,(H,26,27,28);2H,1H2;1H4. The second kappa shape index (κ2) is 24.1. The highest BCUT2D eigenvalue weighted by molar-refractivity contribution is 6.66. The van der Waals surface area contributed by atoms with E-state index in [0.29, 0.717) is 29.0 Å². The van der Waals surface area contributed by atoms with Crippen LogP contribution in [-0.2, 0) is 19.1 Å². The number of nitrogens with zero attached hydrogens (tertiary/aromatic N) is 8. The first-order chi connectivity index (χ1) is 33.7. The van der Waals surface area contributed by atoms with Gasteiger partial charge in [0.1, 0.15) is 11.0 Å². The molecule has 6 heterocycles. The average molecular weight is 958 g/mol. The summed E-state index contributed by atoms with van der Waals surface area (Å²) in [7, 11) is 0. The van der Waals surface area contributed by atoms with Crippen molar-refractivity contribution in [2.24, 2.45) is 0 Å². The molecule has 356 valence electrons. The lowest BCUT2D eigenvalue weighted by molar-refractivity contribution is -0.112. The first-order valence-electron chi connectivity index (χ1n) is 22.1. The van der Waals surface area contributed by atoms with Gasteiger partial charge in [-0.3, -0.25) is 19.6 Å². The predicted octanol–water partition coefficient (Wildman–Crippen LogP) is 9.82. The second-order valence-corrected chi connectivity index (χ2v) is 15.9. The molecule has 2 aliphatic rings. The summed E-state index contributed by atoms with van der Waals surface area (Å²) in [5.41, 5.74) is 16.3. The number of pyridine rings is 2. The minimum absolute atomic E-state index is 0. The van der Waals surface area contributed by atoms with E-state index in [9.17, 15) is 9.59 Å². The molecule has 5 N–H and O–H groups in total. The minimum atomic E-state index is -0.509. The van der Waals surface area contributed by atoms with Gasteiger partial charge in [-0.1, -0.05) is 44.8 Å². The number of anilines is 8. The third-order valence-electron chi connectivity index (χ3n) is 10.9. The molecule has 0 atom stereocenters. The molecule has 0 aliphatic carbocycles. The molecule has 2 aliphatic heterocycles. The van der Waals surface area contributed by atoms with Crippen LogP contribution in [0.2, 0.25) is 0 Å². The summed E-state index contributed by atoms with van der Waals surface area (Å²) in [5, 5.41) is 10.7. The van der Waals surface area contributed by atoms with Crippen LogP contribution in [0.3, 0.4) is 0 Å². The normalized spacial score (nSPS) is 13.0. The molecule has 2 fully saturated rings. The number of aromatic nitrogens is 6. The van der Waals surface area contributed by atoms with Crippen molar-refractivity contribution in [3.8, 4) is 22.5 Å². The molecule has 0 radical (unpaired) electrons. The lowest BCUT2D eigenvalue weighted by Crippen LogP contribution is -2.36. The van der Waals surface area contributed by atoms with E-state index in [1.807, 2.05) is 91.1 Å². The second-order valence-electron chi connectivity index (χ2n) is 15.5. The van der Waals surface area contributed by atoms with E-state index in [1.54, 1.807) is 18.6 Å². The predicted molar refractivity (Wildman–Crippen MR) is 282 cm³/mol.